The quantitative estimate of drug-likeness (QED) is 0.519. The second-order valence-corrected chi connectivity index (χ2v) is 3.53. The zero-order valence-corrected chi connectivity index (χ0v) is 8.66. The molecule has 0 bridgehead atoms. The van der Waals surface area contributed by atoms with Gasteiger partial charge in [0.1, 0.15) is 0 Å². The Bertz CT molecular complexity index is 189. The van der Waals surface area contributed by atoms with Crippen molar-refractivity contribution in [2.45, 2.75) is 18.3 Å². The normalized spacial score (nSPS) is 18.1. The lowest BCUT2D eigenvalue weighted by atomic mass is 10.0. The van der Waals surface area contributed by atoms with Gasteiger partial charge in [-0.25, -0.2) is 4.57 Å². The average Bonchev–Trinajstić information content (AvgIpc) is 2.04. The summed E-state index contributed by atoms with van der Waals surface area (Å²) in [6, 6.07) is -0.463. The lowest BCUT2D eigenvalue weighted by molar-refractivity contribution is -0.142. The fourth-order valence-corrected chi connectivity index (χ4v) is 1.18. The molecule has 0 aliphatic carbocycles. The van der Waals surface area contributed by atoms with Gasteiger partial charge in [-0.1, -0.05) is 0 Å². The number of nitrogens with two attached hydrogens (primary N) is 1. The van der Waals surface area contributed by atoms with Gasteiger partial charge in [-0.05, 0) is 6.92 Å². The summed E-state index contributed by atoms with van der Waals surface area (Å²) in [5.74, 6) is -2.05. The summed E-state index contributed by atoms with van der Waals surface area (Å²) in [5.41, 5.74) is 5.42. The molecule has 0 radical (unpaired) electrons. The number of hydrogen-bond acceptors (Lipinski definition) is 4. The second-order valence-electron chi connectivity index (χ2n) is 2.62. The Morgan fingerprint density at radius 1 is 1.77 bits per heavy atom. The zero-order valence-electron chi connectivity index (χ0n) is 7.01. The van der Waals surface area contributed by atoms with Gasteiger partial charge in [0.25, 0.3) is 0 Å². The minimum absolute atomic E-state index is 0.212. The van der Waals surface area contributed by atoms with Gasteiger partial charge in [-0.2, -0.15) is 0 Å². The molecule has 3 N–H and O–H groups in total. The minimum atomic E-state index is -1.11. The molecule has 0 aliphatic heterocycles. The number of hydrogen-bond donors (Lipinski definition) is 2. The predicted octanol–water partition coefficient (Wildman–Crippen LogP) is 0.865. The molecular weight excluding hydrogens is 216 g/mol. The molecule has 3 atom stereocenters. The maximum absolute atomic E-state index is 10.6. The summed E-state index contributed by atoms with van der Waals surface area (Å²) in [6.07, 6.45) is 0. The van der Waals surface area contributed by atoms with Gasteiger partial charge in [0.2, 0.25) is 0 Å². The van der Waals surface area contributed by atoms with E-state index in [0.717, 1.165) is 0 Å². The highest BCUT2D eigenvalue weighted by Crippen LogP contribution is 2.16. The van der Waals surface area contributed by atoms with E-state index in [2.05, 4.69) is 4.52 Å². The molecule has 0 aromatic heterocycles. The molecule has 7 heteroatoms. The van der Waals surface area contributed by atoms with Gasteiger partial charge in [0, 0.05) is 6.04 Å². The molecule has 0 amide bonds. The first kappa shape index (κ1) is 12.8. The van der Waals surface area contributed by atoms with Crippen molar-refractivity contribution in [3.63, 3.8) is 0 Å². The monoisotopic (exact) mass is 227 g/mol. The van der Waals surface area contributed by atoms with E-state index >= 15 is 0 Å². The lowest BCUT2D eigenvalue weighted by Gasteiger charge is -2.19. The molecule has 0 spiro atoms. The van der Waals surface area contributed by atoms with E-state index in [0.29, 0.717) is 0 Å². The Morgan fingerprint density at radius 2 is 2.31 bits per heavy atom. The molecule has 0 heterocycles. The number of carbonyl (C=O) groups is 1. The highest BCUT2D eigenvalue weighted by Gasteiger charge is 2.29. The van der Waals surface area contributed by atoms with E-state index in [4.69, 9.17) is 22.4 Å². The average molecular weight is 228 g/mol. The summed E-state index contributed by atoms with van der Waals surface area (Å²) in [5, 5.41) is 7.96. The highest BCUT2D eigenvalue weighted by molar-refractivity contribution is 7.17. The molecular formula is C6H11ClNO4P. The largest absolute Gasteiger partial charge is 0.481 e. The Kier molecular flexibility index (Phi) is 6.16. The van der Waals surface area contributed by atoms with Crippen LogP contribution in [0.3, 0.4) is 0 Å². The van der Waals surface area contributed by atoms with E-state index in [-0.39, 0.29) is 6.61 Å². The summed E-state index contributed by atoms with van der Waals surface area (Å²) in [6.45, 7) is 1.39. The van der Waals surface area contributed by atoms with Gasteiger partial charge in [-0.15, -0.1) is 11.6 Å². The van der Waals surface area contributed by atoms with Gasteiger partial charge >= 0.3 is 14.7 Å². The van der Waals surface area contributed by atoms with E-state index in [9.17, 15) is 9.36 Å². The first-order valence-corrected chi connectivity index (χ1v) is 4.74. The molecule has 0 aliphatic rings. The van der Waals surface area contributed by atoms with E-state index in [1.165, 1.54) is 0 Å². The topological polar surface area (TPSA) is 89.6 Å². The molecule has 76 valence electrons. The van der Waals surface area contributed by atoms with Crippen LogP contribution in [0.5, 0.6) is 0 Å². The van der Waals surface area contributed by atoms with Gasteiger partial charge in [-0.3, -0.25) is 9.32 Å². The highest BCUT2D eigenvalue weighted by atomic mass is 35.5. The third-order valence-corrected chi connectivity index (χ3v) is 2.47. The fourth-order valence-electron chi connectivity index (χ4n) is 0.777. The molecule has 3 unspecified atom stereocenters. The molecule has 0 fully saturated rings. The van der Waals surface area contributed by atoms with Crippen LogP contribution in [0.4, 0.5) is 0 Å². The number of halogens is 1. The van der Waals surface area contributed by atoms with Gasteiger partial charge in [0.05, 0.1) is 17.9 Å². The van der Waals surface area contributed by atoms with Crippen LogP contribution in [0.2, 0.25) is 0 Å². The standard InChI is InChI=1S/C6H11ClNO4P/c1-3(8)5(7)4(6(9)10)2-12-13-11/h3-5H,2,8H2,1H3,(H,9,10). The number of rotatable bonds is 6. The zero-order chi connectivity index (χ0) is 10.4. The van der Waals surface area contributed by atoms with Crippen molar-refractivity contribution in [1.82, 2.24) is 0 Å². The van der Waals surface area contributed by atoms with Crippen molar-refractivity contribution in [2.24, 2.45) is 11.7 Å². The lowest BCUT2D eigenvalue weighted by Crippen LogP contribution is -2.39. The minimum Gasteiger partial charge on any atom is -0.481 e. The number of carboxylic acid groups (broad SMARTS) is 1. The maximum atomic E-state index is 10.6. The Hall–Kier alpha value is -0.220. The van der Waals surface area contributed by atoms with Crippen LogP contribution in [-0.2, 0) is 13.9 Å². The van der Waals surface area contributed by atoms with Crippen LogP contribution < -0.4 is 5.73 Å². The van der Waals surface area contributed by atoms with Crippen LogP contribution in [0.1, 0.15) is 6.92 Å². The van der Waals surface area contributed by atoms with E-state index in [1.807, 2.05) is 0 Å². The van der Waals surface area contributed by atoms with E-state index in [1.54, 1.807) is 6.92 Å². The second kappa shape index (κ2) is 6.27. The number of alkyl halides is 1. The summed E-state index contributed by atoms with van der Waals surface area (Å²) in [4.78, 5) is 10.6. The van der Waals surface area contributed by atoms with Crippen LogP contribution in [-0.4, -0.2) is 29.1 Å². The van der Waals surface area contributed by atoms with Crippen molar-refractivity contribution in [2.75, 3.05) is 6.61 Å². The maximum Gasteiger partial charge on any atom is 0.327 e. The van der Waals surface area contributed by atoms with E-state index < -0.39 is 32.0 Å². The Morgan fingerprint density at radius 3 is 2.62 bits per heavy atom. The summed E-state index contributed by atoms with van der Waals surface area (Å²) >= 11 is 5.72. The first-order valence-electron chi connectivity index (χ1n) is 3.57. The molecule has 0 saturated heterocycles. The SMILES string of the molecule is CC(N)C(Cl)C(COP=O)C(=O)O. The molecule has 13 heavy (non-hydrogen) atoms. The predicted molar refractivity (Wildman–Crippen MR) is 48.0 cm³/mol. The van der Waals surface area contributed by atoms with Crippen molar-refractivity contribution >= 4 is 26.3 Å². The smallest absolute Gasteiger partial charge is 0.327 e. The van der Waals surface area contributed by atoms with Crippen LogP contribution in [0.25, 0.3) is 0 Å². The molecule has 0 aromatic rings. The van der Waals surface area contributed by atoms with Crippen molar-refractivity contribution in [1.29, 1.82) is 0 Å². The Labute approximate surface area is 82.5 Å². The number of carboxylic acids is 1. The van der Waals surface area contributed by atoms with Crippen LogP contribution in [0.15, 0.2) is 0 Å². The van der Waals surface area contributed by atoms with Gasteiger partial charge < -0.3 is 10.8 Å². The molecule has 0 saturated carbocycles. The van der Waals surface area contributed by atoms with Crippen molar-refractivity contribution in [3.05, 3.63) is 0 Å². The Balaban J connectivity index is 4.23. The molecule has 5 nitrogen and oxygen atoms in total. The van der Waals surface area contributed by atoms with Crippen molar-refractivity contribution < 1.29 is 19.0 Å². The molecule has 0 rings (SSSR count). The summed E-state index contributed by atoms with van der Waals surface area (Å²) < 4.78 is 14.4. The van der Waals surface area contributed by atoms with Crippen LogP contribution in [0, 0.1) is 5.92 Å². The third-order valence-electron chi connectivity index (χ3n) is 1.51. The third kappa shape index (κ3) is 4.52. The molecule has 0 aromatic carbocycles. The van der Waals surface area contributed by atoms with Crippen LogP contribution >= 0.6 is 20.3 Å². The van der Waals surface area contributed by atoms with Gasteiger partial charge in [0.15, 0.2) is 0 Å². The van der Waals surface area contributed by atoms with Crippen molar-refractivity contribution in [3.8, 4) is 0 Å². The summed E-state index contributed by atoms with van der Waals surface area (Å²) in [7, 11) is -0.560. The fraction of sp³-hybridized carbons (Fsp3) is 0.833. The number of aliphatic carboxylic acids is 1. The first-order chi connectivity index (χ1) is 6.00.